The van der Waals surface area contributed by atoms with E-state index in [1.165, 1.54) is 5.56 Å². The molecule has 0 saturated heterocycles. The number of thiophene rings is 1. The Morgan fingerprint density at radius 2 is 1.95 bits per heavy atom. The van der Waals surface area contributed by atoms with Gasteiger partial charge in [0.2, 0.25) is 5.88 Å². The molecule has 96 valence electrons. The van der Waals surface area contributed by atoms with Crippen LogP contribution in [-0.4, -0.2) is 5.16 Å². The van der Waals surface area contributed by atoms with Crippen LogP contribution in [0.5, 0.6) is 0 Å². The first-order valence-corrected chi connectivity index (χ1v) is 7.44. The predicted octanol–water partition coefficient (Wildman–Crippen LogP) is 4.72. The van der Waals surface area contributed by atoms with Gasteiger partial charge in [-0.05, 0) is 35.6 Å². The molecule has 5 heteroatoms. The fourth-order valence-corrected chi connectivity index (χ4v) is 3.08. The van der Waals surface area contributed by atoms with Crippen LogP contribution in [0, 0.1) is 6.92 Å². The molecule has 0 atom stereocenters. The lowest BCUT2D eigenvalue weighted by atomic mass is 10.0. The molecule has 0 bridgehead atoms. The monoisotopic (exact) mass is 334 g/mol. The van der Waals surface area contributed by atoms with Gasteiger partial charge in [0.15, 0.2) is 0 Å². The molecule has 0 aliphatic rings. The van der Waals surface area contributed by atoms with Crippen molar-refractivity contribution in [3.05, 3.63) is 45.1 Å². The number of nitrogens with zero attached hydrogens (tertiary/aromatic N) is 1. The number of rotatable bonds is 2. The van der Waals surface area contributed by atoms with Crippen LogP contribution < -0.4 is 5.73 Å². The second-order valence-electron chi connectivity index (χ2n) is 4.25. The third-order valence-corrected chi connectivity index (χ3v) is 4.35. The Hall–Kier alpha value is -1.59. The summed E-state index contributed by atoms with van der Waals surface area (Å²) >= 11 is 5.07. The molecule has 0 aliphatic heterocycles. The Labute approximate surface area is 123 Å². The average molecular weight is 335 g/mol. The van der Waals surface area contributed by atoms with Gasteiger partial charge in [0, 0.05) is 15.4 Å². The number of nitrogens with two attached hydrogens (primary N) is 1. The first kappa shape index (κ1) is 12.4. The van der Waals surface area contributed by atoms with E-state index in [0.29, 0.717) is 5.88 Å². The van der Waals surface area contributed by atoms with Crippen LogP contribution in [0.2, 0.25) is 0 Å². The third kappa shape index (κ3) is 2.19. The molecule has 2 aromatic heterocycles. The predicted molar refractivity (Wildman–Crippen MR) is 82.1 cm³/mol. The molecule has 0 amide bonds. The Bertz CT molecular complexity index is 715. The highest BCUT2D eigenvalue weighted by atomic mass is 79.9. The SMILES string of the molecule is Cc1cscc1-c1noc(N)c1-c1ccc(Br)cc1. The van der Waals surface area contributed by atoms with E-state index in [2.05, 4.69) is 38.8 Å². The zero-order chi connectivity index (χ0) is 13.4. The maximum Gasteiger partial charge on any atom is 0.230 e. The van der Waals surface area contributed by atoms with Crippen molar-refractivity contribution in [1.82, 2.24) is 5.16 Å². The molecule has 19 heavy (non-hydrogen) atoms. The number of hydrogen-bond donors (Lipinski definition) is 1. The molecular formula is C14H11BrN2OS. The zero-order valence-electron chi connectivity index (χ0n) is 10.2. The summed E-state index contributed by atoms with van der Waals surface area (Å²) in [6.45, 7) is 2.06. The largest absolute Gasteiger partial charge is 0.367 e. The van der Waals surface area contributed by atoms with Crippen molar-refractivity contribution in [3.8, 4) is 22.4 Å². The summed E-state index contributed by atoms with van der Waals surface area (Å²) < 4.78 is 6.21. The van der Waals surface area contributed by atoms with Crippen LogP contribution in [-0.2, 0) is 0 Å². The van der Waals surface area contributed by atoms with Crippen LogP contribution in [0.15, 0.2) is 44.0 Å². The molecule has 0 fully saturated rings. The van der Waals surface area contributed by atoms with Gasteiger partial charge in [-0.25, -0.2) is 0 Å². The van der Waals surface area contributed by atoms with Crippen molar-refractivity contribution >= 4 is 33.2 Å². The van der Waals surface area contributed by atoms with E-state index in [9.17, 15) is 0 Å². The van der Waals surface area contributed by atoms with Gasteiger partial charge < -0.3 is 10.3 Å². The van der Waals surface area contributed by atoms with E-state index in [1.807, 2.05) is 24.3 Å². The lowest BCUT2D eigenvalue weighted by molar-refractivity contribution is 0.439. The highest BCUT2D eigenvalue weighted by Gasteiger charge is 2.19. The van der Waals surface area contributed by atoms with Crippen LogP contribution >= 0.6 is 27.3 Å². The van der Waals surface area contributed by atoms with Crippen LogP contribution in [0.3, 0.4) is 0 Å². The van der Waals surface area contributed by atoms with Gasteiger partial charge in [-0.15, -0.1) is 0 Å². The molecule has 0 unspecified atom stereocenters. The minimum absolute atomic E-state index is 0.350. The van der Waals surface area contributed by atoms with E-state index < -0.39 is 0 Å². The summed E-state index contributed by atoms with van der Waals surface area (Å²) in [5, 5.41) is 8.27. The van der Waals surface area contributed by atoms with Gasteiger partial charge in [0.05, 0.1) is 5.56 Å². The van der Waals surface area contributed by atoms with Crippen molar-refractivity contribution in [2.75, 3.05) is 5.73 Å². The van der Waals surface area contributed by atoms with Gasteiger partial charge in [-0.3, -0.25) is 0 Å². The van der Waals surface area contributed by atoms with Crippen molar-refractivity contribution in [2.24, 2.45) is 0 Å². The van der Waals surface area contributed by atoms with Crippen molar-refractivity contribution in [3.63, 3.8) is 0 Å². The van der Waals surface area contributed by atoms with E-state index in [-0.39, 0.29) is 0 Å². The summed E-state index contributed by atoms with van der Waals surface area (Å²) in [7, 11) is 0. The Morgan fingerprint density at radius 3 is 2.58 bits per heavy atom. The number of aryl methyl sites for hydroxylation is 1. The van der Waals surface area contributed by atoms with Crippen molar-refractivity contribution < 1.29 is 4.52 Å². The fraction of sp³-hybridized carbons (Fsp3) is 0.0714. The molecular weight excluding hydrogens is 324 g/mol. The number of anilines is 1. The van der Waals surface area contributed by atoms with Gasteiger partial charge in [-0.1, -0.05) is 33.2 Å². The molecule has 0 saturated carbocycles. The number of aromatic nitrogens is 1. The standard InChI is InChI=1S/C14H11BrN2OS/c1-8-6-19-7-11(8)13-12(14(16)18-17-13)9-2-4-10(15)5-3-9/h2-7H,16H2,1H3. The molecule has 3 aromatic rings. The first-order valence-electron chi connectivity index (χ1n) is 5.71. The Balaban J connectivity index is 2.19. The Kier molecular flexibility index (Phi) is 3.16. The third-order valence-electron chi connectivity index (χ3n) is 2.96. The van der Waals surface area contributed by atoms with Gasteiger partial charge >= 0.3 is 0 Å². The fourth-order valence-electron chi connectivity index (χ4n) is 1.99. The molecule has 3 nitrogen and oxygen atoms in total. The number of halogens is 1. The Morgan fingerprint density at radius 1 is 1.21 bits per heavy atom. The minimum Gasteiger partial charge on any atom is -0.367 e. The van der Waals surface area contributed by atoms with Crippen LogP contribution in [0.1, 0.15) is 5.56 Å². The molecule has 3 rings (SSSR count). The maximum absolute atomic E-state index is 5.93. The summed E-state index contributed by atoms with van der Waals surface area (Å²) in [5.74, 6) is 0.350. The summed E-state index contributed by atoms with van der Waals surface area (Å²) in [4.78, 5) is 0. The highest BCUT2D eigenvalue weighted by Crippen LogP contribution is 2.38. The second-order valence-corrected chi connectivity index (χ2v) is 5.91. The summed E-state index contributed by atoms with van der Waals surface area (Å²) in [6.07, 6.45) is 0. The number of benzene rings is 1. The van der Waals surface area contributed by atoms with Gasteiger partial charge in [0.1, 0.15) is 5.69 Å². The number of nitrogen functional groups attached to an aromatic ring is 1. The number of hydrogen-bond acceptors (Lipinski definition) is 4. The van der Waals surface area contributed by atoms with E-state index in [1.54, 1.807) is 11.3 Å². The summed E-state index contributed by atoms with van der Waals surface area (Å²) in [5.41, 5.74) is 10.8. The minimum atomic E-state index is 0.350. The smallest absolute Gasteiger partial charge is 0.230 e. The van der Waals surface area contributed by atoms with E-state index in [4.69, 9.17) is 10.3 Å². The molecule has 1 aromatic carbocycles. The topological polar surface area (TPSA) is 52.0 Å². The first-order chi connectivity index (χ1) is 9.16. The van der Waals surface area contributed by atoms with Crippen molar-refractivity contribution in [2.45, 2.75) is 6.92 Å². The van der Waals surface area contributed by atoms with Crippen LogP contribution in [0.25, 0.3) is 22.4 Å². The van der Waals surface area contributed by atoms with E-state index >= 15 is 0 Å². The molecule has 2 N–H and O–H groups in total. The van der Waals surface area contributed by atoms with Crippen LogP contribution in [0.4, 0.5) is 5.88 Å². The van der Waals surface area contributed by atoms with Gasteiger partial charge in [0.25, 0.3) is 0 Å². The molecule has 2 heterocycles. The van der Waals surface area contributed by atoms with Gasteiger partial charge in [-0.2, -0.15) is 11.3 Å². The zero-order valence-corrected chi connectivity index (χ0v) is 12.6. The molecule has 0 aliphatic carbocycles. The quantitative estimate of drug-likeness (QED) is 0.737. The lowest BCUT2D eigenvalue weighted by Crippen LogP contribution is -1.87. The highest BCUT2D eigenvalue weighted by molar-refractivity contribution is 9.10. The summed E-state index contributed by atoms with van der Waals surface area (Å²) in [6, 6.07) is 7.95. The maximum atomic E-state index is 5.93. The normalized spacial score (nSPS) is 10.8. The average Bonchev–Trinajstić information content (AvgIpc) is 2.97. The second kappa shape index (κ2) is 4.83. The van der Waals surface area contributed by atoms with Crippen molar-refractivity contribution in [1.29, 1.82) is 0 Å². The molecule has 0 radical (unpaired) electrons. The lowest BCUT2D eigenvalue weighted by Gasteiger charge is -2.02. The molecule has 0 spiro atoms. The van der Waals surface area contributed by atoms with E-state index in [0.717, 1.165) is 26.9 Å².